The summed E-state index contributed by atoms with van der Waals surface area (Å²) < 4.78 is 78.1. The van der Waals surface area contributed by atoms with E-state index in [2.05, 4.69) is 38.5 Å². The summed E-state index contributed by atoms with van der Waals surface area (Å²) in [4.78, 5) is 94.7. The zero-order valence-electron chi connectivity index (χ0n) is 28.3. The Bertz CT molecular complexity index is 2420. The van der Waals surface area contributed by atoms with Gasteiger partial charge in [-0.2, -0.15) is 18.6 Å². The maximum atomic E-state index is 12.6. The van der Waals surface area contributed by atoms with Crippen LogP contribution >= 0.6 is 23.5 Å². The van der Waals surface area contributed by atoms with E-state index in [1.165, 1.54) is 0 Å². The van der Waals surface area contributed by atoms with Gasteiger partial charge in [0.05, 0.1) is 25.9 Å². The molecule has 0 radical (unpaired) electrons. The van der Waals surface area contributed by atoms with Gasteiger partial charge in [0.15, 0.2) is 34.8 Å². The van der Waals surface area contributed by atoms with E-state index in [0.717, 1.165) is 28.9 Å². The minimum atomic E-state index is -5.96. The molecule has 2 saturated heterocycles. The van der Waals surface area contributed by atoms with Crippen LogP contribution in [0.15, 0.2) is 22.2 Å². The molecular formula is C23H31N10O21P3. The van der Waals surface area contributed by atoms with Crippen LogP contribution in [0.4, 0.5) is 11.9 Å². The van der Waals surface area contributed by atoms with Gasteiger partial charge in [-0.25, -0.2) is 28.5 Å². The number of carboxylic acid groups (broad SMARTS) is 1. The first-order chi connectivity index (χ1) is 26.6. The number of rotatable bonds is 16. The van der Waals surface area contributed by atoms with Gasteiger partial charge in [0.2, 0.25) is 11.9 Å². The Morgan fingerprint density at radius 3 is 1.91 bits per heavy atom. The molecule has 0 amide bonds. The maximum Gasteiger partial charge on any atom is 0.490 e. The first kappa shape index (κ1) is 42.5. The van der Waals surface area contributed by atoms with Gasteiger partial charge >= 0.3 is 29.4 Å². The van der Waals surface area contributed by atoms with Crippen LogP contribution in [0.2, 0.25) is 0 Å². The number of aliphatic hydroxyl groups excluding tert-OH is 2. The van der Waals surface area contributed by atoms with Crippen LogP contribution in [0.25, 0.3) is 22.3 Å². The molecule has 0 aromatic carbocycles. The molecular weight excluding hydrogens is 845 g/mol. The Morgan fingerprint density at radius 2 is 1.39 bits per heavy atom. The van der Waals surface area contributed by atoms with Crippen LogP contribution in [0.3, 0.4) is 0 Å². The summed E-state index contributed by atoms with van der Waals surface area (Å²) in [5.41, 5.74) is 9.04. The topological polar surface area (TPSA) is 463 Å². The molecule has 11 atom stereocenters. The highest BCUT2D eigenvalue weighted by molar-refractivity contribution is 7.66. The third-order valence-electron chi connectivity index (χ3n) is 8.06. The zero-order chi connectivity index (χ0) is 41.8. The summed E-state index contributed by atoms with van der Waals surface area (Å²) in [5, 5.41) is 31.6. The Hall–Kier alpha value is -4.10. The number of methoxy groups -OCH3 is 1. The summed E-state index contributed by atoms with van der Waals surface area (Å²) in [6.45, 7) is -2.01. The van der Waals surface area contributed by atoms with E-state index in [0.29, 0.717) is 0 Å². The van der Waals surface area contributed by atoms with E-state index in [1.807, 2.05) is 0 Å². The van der Waals surface area contributed by atoms with E-state index in [-0.39, 0.29) is 34.2 Å². The van der Waals surface area contributed by atoms with Crippen molar-refractivity contribution in [2.24, 2.45) is 0 Å². The number of carbonyl (C=O) groups is 1. The Labute approximate surface area is 313 Å². The molecule has 2 fully saturated rings. The van der Waals surface area contributed by atoms with Crippen LogP contribution < -0.4 is 22.6 Å². The number of hydrogen-bond donors (Lipinski definition) is 11. The third-order valence-corrected chi connectivity index (χ3v) is 11.9. The SMILES string of the molecule is CO[C@@H]1[C@H](OC(OC[C@H]2O[C@@H](n3cnc4c(=O)[nH]c(N)nc43)[C@H](O)[C@@H]2O)C(=O)O)C(COP(=O)(O)OP(=O)(O)OP(=O)(O)O)O[C@H]1n1cnc2c(=O)[nH]c(N)nc21. The second-order valence-electron chi connectivity index (χ2n) is 11.9. The van der Waals surface area contributed by atoms with Crippen molar-refractivity contribution in [1.29, 1.82) is 0 Å². The lowest BCUT2D eigenvalue weighted by atomic mass is 10.1. The van der Waals surface area contributed by atoms with Gasteiger partial charge in [-0.1, -0.05) is 0 Å². The molecule has 0 bridgehead atoms. The fourth-order valence-electron chi connectivity index (χ4n) is 5.80. The minimum absolute atomic E-state index is 0.127. The van der Waals surface area contributed by atoms with Gasteiger partial charge in [-0.05, 0) is 0 Å². The van der Waals surface area contributed by atoms with Crippen LogP contribution in [-0.2, 0) is 55.3 Å². The largest absolute Gasteiger partial charge is 0.490 e. The predicted molar refractivity (Wildman–Crippen MR) is 178 cm³/mol. The molecule has 4 aromatic heterocycles. The highest BCUT2D eigenvalue weighted by Gasteiger charge is 2.52. The first-order valence-electron chi connectivity index (χ1n) is 15.5. The molecule has 4 unspecified atom stereocenters. The highest BCUT2D eigenvalue weighted by Crippen LogP contribution is 2.66. The van der Waals surface area contributed by atoms with Crippen molar-refractivity contribution >= 4 is 63.7 Å². The van der Waals surface area contributed by atoms with Crippen LogP contribution in [0, 0.1) is 0 Å². The van der Waals surface area contributed by atoms with Gasteiger partial charge in [0.1, 0.15) is 36.6 Å². The maximum absolute atomic E-state index is 12.6. The van der Waals surface area contributed by atoms with Crippen molar-refractivity contribution in [3.63, 3.8) is 0 Å². The number of H-pyrrole nitrogens is 2. The van der Waals surface area contributed by atoms with Gasteiger partial charge in [0, 0.05) is 7.11 Å². The lowest BCUT2D eigenvalue weighted by molar-refractivity contribution is -0.224. The summed E-state index contributed by atoms with van der Waals surface area (Å²) >= 11 is 0. The van der Waals surface area contributed by atoms with Gasteiger partial charge in [-0.15, -0.1) is 0 Å². The number of nitrogens with one attached hydrogen (secondary N) is 2. The number of fused-ring (bicyclic) bond motifs is 2. The number of nitrogens with zero attached hydrogens (tertiary/aromatic N) is 6. The fourth-order valence-corrected chi connectivity index (χ4v) is 8.83. The van der Waals surface area contributed by atoms with Crippen LogP contribution in [0.1, 0.15) is 12.5 Å². The molecule has 0 saturated carbocycles. The molecule has 31 nitrogen and oxygen atoms in total. The highest BCUT2D eigenvalue weighted by atomic mass is 31.3. The fraction of sp³-hybridized carbons (Fsp3) is 0.522. The second kappa shape index (κ2) is 15.9. The van der Waals surface area contributed by atoms with Crippen molar-refractivity contribution < 1.29 is 90.2 Å². The van der Waals surface area contributed by atoms with Crippen LogP contribution in [-0.4, -0.2) is 143 Å². The van der Waals surface area contributed by atoms with Gasteiger partial charge < -0.3 is 70.0 Å². The number of ether oxygens (including phenoxy) is 5. The molecule has 57 heavy (non-hydrogen) atoms. The molecule has 13 N–H and O–H groups in total. The molecule has 314 valence electrons. The van der Waals surface area contributed by atoms with E-state index < -0.39 is 109 Å². The Morgan fingerprint density at radius 1 is 0.842 bits per heavy atom. The molecule has 0 aliphatic carbocycles. The van der Waals surface area contributed by atoms with Crippen molar-refractivity contribution in [2.45, 2.75) is 55.4 Å². The molecule has 4 aromatic rings. The number of aliphatic carboxylic acids is 1. The van der Waals surface area contributed by atoms with Crippen LogP contribution in [0.5, 0.6) is 0 Å². The number of aliphatic hydroxyl groups is 2. The summed E-state index contributed by atoms with van der Waals surface area (Å²) in [6, 6.07) is 0. The van der Waals surface area contributed by atoms with E-state index >= 15 is 0 Å². The number of nitrogen functional groups attached to an aromatic ring is 2. The molecule has 2 aliphatic rings. The normalized spacial score (nSPS) is 28.1. The van der Waals surface area contributed by atoms with E-state index in [4.69, 9.17) is 49.5 Å². The number of hydrogen-bond acceptors (Lipinski definition) is 22. The zero-order valence-corrected chi connectivity index (χ0v) is 31.0. The molecule has 6 rings (SSSR count). The lowest BCUT2D eigenvalue weighted by Gasteiger charge is -2.27. The number of phosphoric acid groups is 3. The monoisotopic (exact) mass is 876 g/mol. The third kappa shape index (κ3) is 9.14. The lowest BCUT2D eigenvalue weighted by Crippen LogP contribution is -2.44. The number of imidazole rings is 2. The molecule has 2 aliphatic heterocycles. The number of nitrogens with two attached hydrogens (primary N) is 2. The van der Waals surface area contributed by atoms with E-state index in [1.54, 1.807) is 0 Å². The van der Waals surface area contributed by atoms with E-state index in [9.17, 15) is 53.2 Å². The number of aromatic amines is 2. The first-order valence-corrected chi connectivity index (χ1v) is 20.0. The summed E-state index contributed by atoms with van der Waals surface area (Å²) in [7, 11) is -16.4. The number of aromatic nitrogens is 8. The minimum Gasteiger partial charge on any atom is -0.477 e. The Kier molecular flexibility index (Phi) is 11.9. The predicted octanol–water partition coefficient (Wildman–Crippen LogP) is -3.90. The molecule has 0 spiro atoms. The van der Waals surface area contributed by atoms with Crippen molar-refractivity contribution in [2.75, 3.05) is 31.8 Å². The number of carboxylic acids is 1. The smallest absolute Gasteiger partial charge is 0.477 e. The van der Waals surface area contributed by atoms with Crippen molar-refractivity contribution in [1.82, 2.24) is 39.0 Å². The summed E-state index contributed by atoms with van der Waals surface area (Å²) in [6.07, 6.45) is -13.1. The second-order valence-corrected chi connectivity index (χ2v) is 16.3. The summed E-state index contributed by atoms with van der Waals surface area (Å²) in [5.74, 6) is -2.48. The molecule has 34 heteroatoms. The van der Waals surface area contributed by atoms with Gasteiger partial charge in [-0.3, -0.25) is 33.2 Å². The molecule has 6 heterocycles. The number of phosphoric ester groups is 1. The average Bonchev–Trinajstić information content (AvgIpc) is 3.84. The van der Waals surface area contributed by atoms with Crippen molar-refractivity contribution in [3.05, 3.63) is 33.4 Å². The average molecular weight is 876 g/mol. The van der Waals surface area contributed by atoms with Crippen molar-refractivity contribution in [3.8, 4) is 0 Å². The Balaban J connectivity index is 1.24. The number of anilines is 2. The standard InChI is InChI=1S/C23H31N10O21P3/c1-47-13-12(52-21(20(38)39)48-2-6-10(34)11(35)18(50-6)32-4-26-8-14(32)28-22(24)30-16(8)36)7(3-49-56(43,44)54-57(45,46)53-55(40,41)42)51-19(13)33-5-27-9-15(33)29-23(25)31-17(9)37/h4-7,10-13,18-19,21,34-35H,2-3H2,1H3,(H,38,39)(H,43,44)(H,45,46)(H2,40,41,42)(H3,24,28,30,36)(H3,25,29,31,37)/t6-,7?,10-,11-,12-,13-,18-,19-,21?/m1/s1. The van der Waals surface area contributed by atoms with Gasteiger partial charge in [0.25, 0.3) is 17.4 Å². The quantitative estimate of drug-likeness (QED) is 0.0378.